The molecule has 21 heavy (non-hydrogen) atoms. The molecule has 0 saturated carbocycles. The van der Waals surface area contributed by atoms with Crippen LogP contribution in [0.4, 0.5) is 0 Å². The molecule has 1 aliphatic rings. The van der Waals surface area contributed by atoms with Gasteiger partial charge in [-0.2, -0.15) is 0 Å². The number of nitrogens with one attached hydrogen (secondary N) is 1. The number of hydrogen-bond acceptors (Lipinski definition) is 4. The molecule has 0 bridgehead atoms. The molecule has 5 nitrogen and oxygen atoms in total. The van der Waals surface area contributed by atoms with Crippen LogP contribution in [-0.4, -0.2) is 48.6 Å². The molecule has 6 heteroatoms. The second kappa shape index (κ2) is 7.95. The standard InChI is InChI=1S/C15H21N3O2S/c16-15(21)12-5-1-2-6-13(12)20-10-4-9-18-8-3-7-17-14(19)11-18/h1-2,5-6H,3-4,7-11H2,(H2,16,21)(H,17,19). The van der Waals surface area contributed by atoms with Crippen LogP contribution in [0.25, 0.3) is 0 Å². The molecular weight excluding hydrogens is 286 g/mol. The van der Waals surface area contributed by atoms with E-state index in [1.54, 1.807) is 0 Å². The summed E-state index contributed by atoms with van der Waals surface area (Å²) < 4.78 is 5.75. The largest absolute Gasteiger partial charge is 0.493 e. The molecular formula is C15H21N3O2S. The second-order valence-electron chi connectivity index (χ2n) is 5.04. The summed E-state index contributed by atoms with van der Waals surface area (Å²) >= 11 is 5.00. The SMILES string of the molecule is NC(=S)c1ccccc1OCCCN1CCCNC(=O)C1. The lowest BCUT2D eigenvalue weighted by Crippen LogP contribution is -2.34. The number of ether oxygens (including phenoxy) is 1. The van der Waals surface area contributed by atoms with Crippen molar-refractivity contribution in [3.05, 3.63) is 29.8 Å². The van der Waals surface area contributed by atoms with Crippen LogP contribution < -0.4 is 15.8 Å². The Kier molecular flexibility index (Phi) is 5.95. The van der Waals surface area contributed by atoms with Crippen molar-refractivity contribution in [1.29, 1.82) is 0 Å². The fourth-order valence-electron chi connectivity index (χ4n) is 2.33. The number of rotatable bonds is 6. The fraction of sp³-hybridized carbons (Fsp3) is 0.467. The van der Waals surface area contributed by atoms with E-state index in [1.165, 1.54) is 0 Å². The molecule has 114 valence electrons. The highest BCUT2D eigenvalue weighted by Gasteiger charge is 2.13. The highest BCUT2D eigenvalue weighted by atomic mass is 32.1. The van der Waals surface area contributed by atoms with Crippen molar-refractivity contribution >= 4 is 23.1 Å². The highest BCUT2D eigenvalue weighted by molar-refractivity contribution is 7.80. The topological polar surface area (TPSA) is 67.6 Å². The molecule has 0 aliphatic carbocycles. The first-order chi connectivity index (χ1) is 10.2. The van der Waals surface area contributed by atoms with Crippen molar-refractivity contribution < 1.29 is 9.53 Å². The Balaban J connectivity index is 1.77. The maximum atomic E-state index is 11.5. The molecule has 1 aromatic carbocycles. The normalized spacial score (nSPS) is 16.1. The van der Waals surface area contributed by atoms with Crippen LogP contribution in [-0.2, 0) is 4.79 Å². The zero-order valence-corrected chi connectivity index (χ0v) is 12.8. The monoisotopic (exact) mass is 307 g/mol. The van der Waals surface area contributed by atoms with Gasteiger partial charge in [0, 0.05) is 19.6 Å². The van der Waals surface area contributed by atoms with Crippen molar-refractivity contribution in [3.8, 4) is 5.75 Å². The van der Waals surface area contributed by atoms with Gasteiger partial charge < -0.3 is 15.8 Å². The van der Waals surface area contributed by atoms with Gasteiger partial charge in [-0.1, -0.05) is 24.4 Å². The Morgan fingerprint density at radius 3 is 3.05 bits per heavy atom. The molecule has 0 aromatic heterocycles. The van der Waals surface area contributed by atoms with Gasteiger partial charge in [-0.3, -0.25) is 9.69 Å². The van der Waals surface area contributed by atoms with E-state index in [2.05, 4.69) is 10.2 Å². The van der Waals surface area contributed by atoms with Crippen LogP contribution in [0.1, 0.15) is 18.4 Å². The Labute approximate surface area is 130 Å². The van der Waals surface area contributed by atoms with E-state index in [4.69, 9.17) is 22.7 Å². The third-order valence-corrected chi connectivity index (χ3v) is 3.59. The van der Waals surface area contributed by atoms with E-state index < -0.39 is 0 Å². The molecule has 3 N–H and O–H groups in total. The molecule has 0 unspecified atom stereocenters. The van der Waals surface area contributed by atoms with Gasteiger partial charge in [-0.15, -0.1) is 0 Å². The molecule has 0 atom stereocenters. The van der Waals surface area contributed by atoms with Crippen molar-refractivity contribution in [2.75, 3.05) is 32.8 Å². The first-order valence-electron chi connectivity index (χ1n) is 7.17. The molecule has 1 amide bonds. The molecule has 1 saturated heterocycles. The van der Waals surface area contributed by atoms with Crippen LogP contribution in [0.2, 0.25) is 0 Å². The minimum Gasteiger partial charge on any atom is -0.493 e. The van der Waals surface area contributed by atoms with Gasteiger partial charge in [0.25, 0.3) is 0 Å². The molecule has 0 spiro atoms. The van der Waals surface area contributed by atoms with Crippen LogP contribution in [0, 0.1) is 0 Å². The summed E-state index contributed by atoms with van der Waals surface area (Å²) in [7, 11) is 0. The number of carbonyl (C=O) groups excluding carboxylic acids is 1. The minimum atomic E-state index is 0.104. The van der Waals surface area contributed by atoms with Crippen molar-refractivity contribution in [2.24, 2.45) is 5.73 Å². The first-order valence-corrected chi connectivity index (χ1v) is 7.58. The van der Waals surface area contributed by atoms with Crippen LogP contribution in [0.15, 0.2) is 24.3 Å². The Morgan fingerprint density at radius 2 is 2.24 bits per heavy atom. The summed E-state index contributed by atoms with van der Waals surface area (Å²) in [6.45, 7) is 3.62. The predicted molar refractivity (Wildman–Crippen MR) is 86.5 cm³/mol. The molecule has 0 radical (unpaired) electrons. The van der Waals surface area contributed by atoms with Gasteiger partial charge >= 0.3 is 0 Å². The maximum absolute atomic E-state index is 11.5. The Hall–Kier alpha value is -1.66. The fourth-order valence-corrected chi connectivity index (χ4v) is 2.49. The summed E-state index contributed by atoms with van der Waals surface area (Å²) in [6.07, 6.45) is 1.86. The second-order valence-corrected chi connectivity index (χ2v) is 5.48. The van der Waals surface area contributed by atoms with Crippen molar-refractivity contribution in [1.82, 2.24) is 10.2 Å². The third kappa shape index (κ3) is 4.99. The smallest absolute Gasteiger partial charge is 0.234 e. The molecule has 1 aromatic rings. The van der Waals surface area contributed by atoms with E-state index in [0.29, 0.717) is 18.1 Å². The van der Waals surface area contributed by atoms with Gasteiger partial charge in [0.15, 0.2) is 0 Å². The summed E-state index contributed by atoms with van der Waals surface area (Å²) in [6, 6.07) is 7.51. The maximum Gasteiger partial charge on any atom is 0.234 e. The number of carbonyl (C=O) groups is 1. The number of amides is 1. The van der Waals surface area contributed by atoms with Crippen LogP contribution in [0.5, 0.6) is 5.75 Å². The zero-order valence-electron chi connectivity index (χ0n) is 12.0. The predicted octanol–water partition coefficient (Wildman–Crippen LogP) is 0.912. The summed E-state index contributed by atoms with van der Waals surface area (Å²) in [5.74, 6) is 0.825. The van der Waals surface area contributed by atoms with E-state index >= 15 is 0 Å². The van der Waals surface area contributed by atoms with E-state index in [-0.39, 0.29) is 5.91 Å². The van der Waals surface area contributed by atoms with E-state index in [0.717, 1.165) is 43.8 Å². The first kappa shape index (κ1) is 15.7. The molecule has 1 aliphatic heterocycles. The van der Waals surface area contributed by atoms with Crippen molar-refractivity contribution in [2.45, 2.75) is 12.8 Å². The lowest BCUT2D eigenvalue weighted by Gasteiger charge is -2.18. The quantitative estimate of drug-likeness (QED) is 0.604. The summed E-state index contributed by atoms with van der Waals surface area (Å²) in [5, 5.41) is 2.87. The summed E-state index contributed by atoms with van der Waals surface area (Å²) in [5.41, 5.74) is 6.43. The highest BCUT2D eigenvalue weighted by Crippen LogP contribution is 2.17. The third-order valence-electron chi connectivity index (χ3n) is 3.37. The van der Waals surface area contributed by atoms with E-state index in [1.807, 2.05) is 24.3 Å². The van der Waals surface area contributed by atoms with Gasteiger partial charge in [0.2, 0.25) is 5.91 Å². The van der Waals surface area contributed by atoms with Crippen LogP contribution >= 0.6 is 12.2 Å². The van der Waals surface area contributed by atoms with Gasteiger partial charge in [0.1, 0.15) is 10.7 Å². The summed E-state index contributed by atoms with van der Waals surface area (Å²) in [4.78, 5) is 14.0. The zero-order chi connectivity index (χ0) is 15.1. The van der Waals surface area contributed by atoms with Gasteiger partial charge in [-0.25, -0.2) is 0 Å². The average Bonchev–Trinajstić information content (AvgIpc) is 2.68. The number of thiocarbonyl (C=S) groups is 1. The molecule has 2 rings (SSSR count). The van der Waals surface area contributed by atoms with E-state index in [9.17, 15) is 4.79 Å². The molecule has 1 heterocycles. The molecule has 1 fully saturated rings. The van der Waals surface area contributed by atoms with Crippen molar-refractivity contribution in [3.63, 3.8) is 0 Å². The lowest BCUT2D eigenvalue weighted by atomic mass is 10.2. The minimum absolute atomic E-state index is 0.104. The Bertz CT molecular complexity index is 507. The number of para-hydroxylation sites is 1. The lowest BCUT2D eigenvalue weighted by molar-refractivity contribution is -0.121. The van der Waals surface area contributed by atoms with Crippen LogP contribution in [0.3, 0.4) is 0 Å². The van der Waals surface area contributed by atoms with Gasteiger partial charge in [-0.05, 0) is 25.0 Å². The average molecular weight is 307 g/mol. The number of nitrogens with two attached hydrogens (primary N) is 1. The Morgan fingerprint density at radius 1 is 1.43 bits per heavy atom. The number of benzene rings is 1. The van der Waals surface area contributed by atoms with Gasteiger partial charge in [0.05, 0.1) is 18.7 Å². The number of hydrogen-bond donors (Lipinski definition) is 2. The number of nitrogens with zero attached hydrogens (tertiary/aromatic N) is 1.